The van der Waals surface area contributed by atoms with Crippen LogP contribution in [0.25, 0.3) is 11.3 Å². The molecule has 0 bridgehead atoms. The zero-order valence-corrected chi connectivity index (χ0v) is 11.9. The first kappa shape index (κ1) is 13.6. The molecular weight excluding hydrogens is 266 g/mol. The number of benzene rings is 1. The Morgan fingerprint density at radius 1 is 1.10 bits per heavy atom. The van der Waals surface area contributed by atoms with E-state index in [1.165, 1.54) is 0 Å². The normalized spacial score (nSPS) is 10.9. The van der Waals surface area contributed by atoms with Crippen LogP contribution in [0.15, 0.2) is 51.4 Å². The molecule has 108 valence electrons. The Labute approximate surface area is 123 Å². The van der Waals surface area contributed by atoms with Gasteiger partial charge in [-0.2, -0.15) is 4.98 Å². The minimum Gasteiger partial charge on any atom is -0.460 e. The standard InChI is InChI=1S/C16H17N3O2/c1-12-18-16(21-19-12)9-10-17-11-14-7-8-15(20-14)13-5-3-2-4-6-13/h2-8,17H,9-11H2,1H3. The topological polar surface area (TPSA) is 64.1 Å². The summed E-state index contributed by atoms with van der Waals surface area (Å²) in [7, 11) is 0. The summed E-state index contributed by atoms with van der Waals surface area (Å²) < 4.78 is 10.9. The van der Waals surface area contributed by atoms with Gasteiger partial charge < -0.3 is 14.3 Å². The van der Waals surface area contributed by atoms with Crippen LogP contribution in [-0.4, -0.2) is 16.7 Å². The van der Waals surface area contributed by atoms with Gasteiger partial charge in [0, 0.05) is 18.5 Å². The van der Waals surface area contributed by atoms with Crippen LogP contribution in [0.3, 0.4) is 0 Å². The second kappa shape index (κ2) is 6.37. The molecule has 0 unspecified atom stereocenters. The van der Waals surface area contributed by atoms with E-state index in [0.29, 0.717) is 24.7 Å². The molecule has 0 atom stereocenters. The van der Waals surface area contributed by atoms with E-state index in [1.807, 2.05) is 49.4 Å². The van der Waals surface area contributed by atoms with Crippen LogP contribution in [0.1, 0.15) is 17.5 Å². The number of furan rings is 1. The van der Waals surface area contributed by atoms with E-state index in [9.17, 15) is 0 Å². The SMILES string of the molecule is Cc1noc(CCNCc2ccc(-c3ccccc3)o2)n1. The summed E-state index contributed by atoms with van der Waals surface area (Å²) in [4.78, 5) is 4.16. The zero-order valence-electron chi connectivity index (χ0n) is 11.9. The number of hydrogen-bond donors (Lipinski definition) is 1. The van der Waals surface area contributed by atoms with Crippen molar-refractivity contribution in [3.63, 3.8) is 0 Å². The highest BCUT2D eigenvalue weighted by Gasteiger charge is 2.05. The van der Waals surface area contributed by atoms with E-state index in [-0.39, 0.29) is 0 Å². The molecule has 0 radical (unpaired) electrons. The van der Waals surface area contributed by atoms with Gasteiger partial charge in [0.05, 0.1) is 6.54 Å². The Morgan fingerprint density at radius 2 is 1.95 bits per heavy atom. The van der Waals surface area contributed by atoms with Gasteiger partial charge in [0.25, 0.3) is 0 Å². The van der Waals surface area contributed by atoms with E-state index in [2.05, 4.69) is 15.5 Å². The molecule has 0 fully saturated rings. The van der Waals surface area contributed by atoms with Gasteiger partial charge in [-0.25, -0.2) is 0 Å². The Hall–Kier alpha value is -2.40. The molecule has 0 spiro atoms. The highest BCUT2D eigenvalue weighted by Crippen LogP contribution is 2.21. The van der Waals surface area contributed by atoms with Crippen molar-refractivity contribution < 1.29 is 8.94 Å². The Kier molecular flexibility index (Phi) is 4.12. The van der Waals surface area contributed by atoms with E-state index in [0.717, 1.165) is 23.6 Å². The van der Waals surface area contributed by atoms with Crippen LogP contribution in [0, 0.1) is 6.92 Å². The minimum absolute atomic E-state index is 0.657. The van der Waals surface area contributed by atoms with Crippen molar-refractivity contribution in [2.24, 2.45) is 0 Å². The second-order valence-corrected chi connectivity index (χ2v) is 4.79. The molecule has 3 rings (SSSR count). The first-order valence-corrected chi connectivity index (χ1v) is 6.95. The molecule has 2 heterocycles. The van der Waals surface area contributed by atoms with Gasteiger partial charge in [-0.15, -0.1) is 0 Å². The average Bonchev–Trinajstić information content (AvgIpc) is 3.14. The maximum atomic E-state index is 5.81. The van der Waals surface area contributed by atoms with Gasteiger partial charge >= 0.3 is 0 Å². The number of nitrogens with one attached hydrogen (secondary N) is 1. The summed E-state index contributed by atoms with van der Waals surface area (Å²) in [5.74, 6) is 3.13. The lowest BCUT2D eigenvalue weighted by molar-refractivity contribution is 0.371. The van der Waals surface area contributed by atoms with Crippen molar-refractivity contribution in [2.45, 2.75) is 19.9 Å². The number of aromatic nitrogens is 2. The summed E-state index contributed by atoms with van der Waals surface area (Å²) >= 11 is 0. The van der Waals surface area contributed by atoms with Crippen molar-refractivity contribution in [1.82, 2.24) is 15.5 Å². The van der Waals surface area contributed by atoms with E-state index in [4.69, 9.17) is 8.94 Å². The zero-order chi connectivity index (χ0) is 14.5. The fourth-order valence-electron chi connectivity index (χ4n) is 2.08. The molecule has 0 aliphatic rings. The molecule has 5 nitrogen and oxygen atoms in total. The van der Waals surface area contributed by atoms with E-state index in [1.54, 1.807) is 0 Å². The van der Waals surface area contributed by atoms with Gasteiger partial charge in [-0.3, -0.25) is 0 Å². The molecule has 1 N–H and O–H groups in total. The van der Waals surface area contributed by atoms with Crippen LogP contribution in [0.4, 0.5) is 0 Å². The van der Waals surface area contributed by atoms with Gasteiger partial charge in [-0.1, -0.05) is 35.5 Å². The molecule has 21 heavy (non-hydrogen) atoms. The van der Waals surface area contributed by atoms with E-state index >= 15 is 0 Å². The summed E-state index contributed by atoms with van der Waals surface area (Å²) in [6.45, 7) is 3.26. The van der Waals surface area contributed by atoms with E-state index < -0.39 is 0 Å². The first-order chi connectivity index (χ1) is 10.3. The maximum Gasteiger partial charge on any atom is 0.227 e. The lowest BCUT2D eigenvalue weighted by Gasteiger charge is -2.00. The van der Waals surface area contributed by atoms with Crippen LogP contribution >= 0.6 is 0 Å². The van der Waals surface area contributed by atoms with Crippen molar-refractivity contribution in [2.75, 3.05) is 6.54 Å². The fraction of sp³-hybridized carbons (Fsp3) is 0.250. The van der Waals surface area contributed by atoms with Crippen LogP contribution in [0.2, 0.25) is 0 Å². The summed E-state index contributed by atoms with van der Waals surface area (Å²) in [6.07, 6.45) is 0.715. The number of hydrogen-bond acceptors (Lipinski definition) is 5. The smallest absolute Gasteiger partial charge is 0.227 e. The monoisotopic (exact) mass is 283 g/mol. The Morgan fingerprint density at radius 3 is 2.71 bits per heavy atom. The van der Waals surface area contributed by atoms with Crippen LogP contribution in [0.5, 0.6) is 0 Å². The quantitative estimate of drug-likeness (QED) is 0.705. The third-order valence-electron chi connectivity index (χ3n) is 3.10. The number of nitrogens with zero attached hydrogens (tertiary/aromatic N) is 2. The molecule has 0 saturated carbocycles. The highest BCUT2D eigenvalue weighted by atomic mass is 16.5. The molecule has 0 saturated heterocycles. The third-order valence-corrected chi connectivity index (χ3v) is 3.10. The number of aryl methyl sites for hydroxylation is 1. The van der Waals surface area contributed by atoms with Crippen molar-refractivity contribution >= 4 is 0 Å². The number of rotatable bonds is 6. The molecule has 2 aromatic heterocycles. The molecule has 0 aliphatic carbocycles. The van der Waals surface area contributed by atoms with Gasteiger partial charge in [0.2, 0.25) is 5.89 Å². The fourth-order valence-corrected chi connectivity index (χ4v) is 2.08. The second-order valence-electron chi connectivity index (χ2n) is 4.79. The lowest BCUT2D eigenvalue weighted by atomic mass is 10.2. The highest BCUT2D eigenvalue weighted by molar-refractivity contribution is 5.57. The lowest BCUT2D eigenvalue weighted by Crippen LogP contribution is -2.16. The summed E-state index contributed by atoms with van der Waals surface area (Å²) in [6, 6.07) is 14.1. The molecule has 0 aliphatic heterocycles. The Bertz CT molecular complexity index is 688. The molecule has 0 amide bonds. The maximum absolute atomic E-state index is 5.81. The van der Waals surface area contributed by atoms with Crippen molar-refractivity contribution in [3.8, 4) is 11.3 Å². The van der Waals surface area contributed by atoms with Crippen LogP contribution in [-0.2, 0) is 13.0 Å². The predicted octanol–water partition coefficient (Wildman–Crippen LogP) is 2.97. The molecular formula is C16H17N3O2. The largest absolute Gasteiger partial charge is 0.460 e. The van der Waals surface area contributed by atoms with Crippen molar-refractivity contribution in [3.05, 3.63) is 59.9 Å². The van der Waals surface area contributed by atoms with Gasteiger partial charge in [-0.05, 0) is 19.1 Å². The molecule has 1 aromatic carbocycles. The Balaban J connectivity index is 1.49. The third kappa shape index (κ3) is 3.58. The average molecular weight is 283 g/mol. The van der Waals surface area contributed by atoms with Gasteiger partial charge in [0.15, 0.2) is 5.82 Å². The minimum atomic E-state index is 0.657. The predicted molar refractivity (Wildman–Crippen MR) is 78.6 cm³/mol. The van der Waals surface area contributed by atoms with Gasteiger partial charge in [0.1, 0.15) is 11.5 Å². The van der Waals surface area contributed by atoms with Crippen molar-refractivity contribution in [1.29, 1.82) is 0 Å². The summed E-state index contributed by atoms with van der Waals surface area (Å²) in [5.41, 5.74) is 1.09. The molecule has 3 aromatic rings. The van der Waals surface area contributed by atoms with Crippen LogP contribution < -0.4 is 5.32 Å². The summed E-state index contributed by atoms with van der Waals surface area (Å²) in [5, 5.41) is 7.06. The molecule has 5 heteroatoms. The first-order valence-electron chi connectivity index (χ1n) is 6.95.